The van der Waals surface area contributed by atoms with Gasteiger partial charge in [0.25, 0.3) is 5.91 Å². The van der Waals surface area contributed by atoms with Crippen molar-refractivity contribution in [1.82, 2.24) is 15.5 Å². The number of rotatable bonds is 7. The van der Waals surface area contributed by atoms with Crippen molar-refractivity contribution in [2.75, 3.05) is 18.9 Å². The first-order valence-electron chi connectivity index (χ1n) is 12.6. The van der Waals surface area contributed by atoms with E-state index in [0.29, 0.717) is 31.7 Å². The maximum atomic E-state index is 14.0. The molecule has 2 heterocycles. The smallest absolute Gasteiger partial charge is 0.310 e. The molecule has 1 saturated carbocycles. The highest BCUT2D eigenvalue weighted by atomic mass is 35.5. The monoisotopic (exact) mass is 534 g/mol. The molecule has 5 atom stereocenters. The first kappa shape index (κ1) is 27.2. The Hall–Kier alpha value is -2.85. The molecule has 202 valence electrons. The van der Waals surface area contributed by atoms with Crippen LogP contribution in [0.15, 0.2) is 18.2 Å². The number of hydrogen-bond acceptors (Lipinski definition) is 7. The third kappa shape index (κ3) is 5.27. The Bertz CT molecular complexity index is 1110. The van der Waals surface area contributed by atoms with Gasteiger partial charge in [0.05, 0.1) is 17.1 Å². The van der Waals surface area contributed by atoms with Crippen LogP contribution in [0.4, 0.5) is 5.69 Å². The van der Waals surface area contributed by atoms with Gasteiger partial charge >= 0.3 is 5.97 Å². The molecule has 4 N–H and O–H groups in total. The van der Waals surface area contributed by atoms with Gasteiger partial charge in [-0.05, 0) is 55.7 Å². The predicted molar refractivity (Wildman–Crippen MR) is 136 cm³/mol. The molecule has 3 aliphatic rings. The first-order chi connectivity index (χ1) is 17.4. The topological polar surface area (TPSA) is 140 Å². The highest BCUT2D eigenvalue weighted by Gasteiger charge is 2.59. The Balaban J connectivity index is 1.55. The van der Waals surface area contributed by atoms with E-state index in [0.717, 1.165) is 6.42 Å². The number of nitrogens with zero attached hydrogens (tertiary/aromatic N) is 1. The number of ether oxygens (including phenoxy) is 2. The second-order valence-corrected chi connectivity index (χ2v) is 11.6. The molecule has 2 aliphatic heterocycles. The molecule has 0 spiro atoms. The van der Waals surface area contributed by atoms with Gasteiger partial charge in [-0.3, -0.25) is 19.2 Å². The number of carbonyl (C=O) groups is 4. The molecule has 2 bridgehead atoms. The summed E-state index contributed by atoms with van der Waals surface area (Å²) in [5, 5.41) is 5.94. The number of esters is 1. The van der Waals surface area contributed by atoms with E-state index in [4.69, 9.17) is 26.8 Å². The number of carbonyl (C=O) groups excluding carboxylic acids is 4. The van der Waals surface area contributed by atoms with Crippen molar-refractivity contribution in [1.29, 1.82) is 0 Å². The summed E-state index contributed by atoms with van der Waals surface area (Å²) < 4.78 is 10.9. The van der Waals surface area contributed by atoms with Crippen LogP contribution in [0, 0.1) is 11.3 Å². The van der Waals surface area contributed by atoms with Crippen LogP contribution in [0.3, 0.4) is 0 Å². The van der Waals surface area contributed by atoms with E-state index in [2.05, 4.69) is 10.6 Å². The minimum atomic E-state index is -1.08. The first-order valence-corrected chi connectivity index (χ1v) is 13.0. The quantitative estimate of drug-likeness (QED) is 0.360. The molecule has 3 fully saturated rings. The van der Waals surface area contributed by atoms with Crippen molar-refractivity contribution in [3.05, 3.63) is 28.8 Å². The number of benzene rings is 1. The van der Waals surface area contributed by atoms with Crippen molar-refractivity contribution in [3.8, 4) is 0 Å². The largest absolute Gasteiger partial charge is 0.439 e. The maximum absolute atomic E-state index is 14.0. The summed E-state index contributed by atoms with van der Waals surface area (Å²) in [5.74, 6) is -1.42. The zero-order chi connectivity index (χ0) is 27.1. The molecule has 0 unspecified atom stereocenters. The van der Waals surface area contributed by atoms with Crippen LogP contribution in [0.1, 0.15) is 63.7 Å². The fourth-order valence-corrected chi connectivity index (χ4v) is 5.74. The van der Waals surface area contributed by atoms with E-state index in [-0.39, 0.29) is 34.7 Å². The number of nitrogens with one attached hydrogen (secondary N) is 2. The van der Waals surface area contributed by atoms with Gasteiger partial charge in [0.2, 0.25) is 18.0 Å². The summed E-state index contributed by atoms with van der Waals surface area (Å²) in [7, 11) is 0. The molecule has 0 aromatic heterocycles. The Morgan fingerprint density at radius 2 is 2.05 bits per heavy atom. The van der Waals surface area contributed by atoms with Gasteiger partial charge in [0, 0.05) is 18.7 Å². The van der Waals surface area contributed by atoms with Crippen molar-refractivity contribution >= 4 is 41.0 Å². The van der Waals surface area contributed by atoms with E-state index in [1.165, 1.54) is 12.1 Å². The second kappa shape index (κ2) is 10.1. The summed E-state index contributed by atoms with van der Waals surface area (Å²) >= 11 is 6.09. The second-order valence-electron chi connectivity index (χ2n) is 11.2. The zero-order valence-corrected chi connectivity index (χ0v) is 22.4. The number of halogens is 1. The lowest BCUT2D eigenvalue weighted by Crippen LogP contribution is -2.64. The molecule has 2 saturated heterocycles. The minimum Gasteiger partial charge on any atom is -0.439 e. The maximum Gasteiger partial charge on any atom is 0.310 e. The molecule has 10 nitrogen and oxygen atoms in total. The van der Waals surface area contributed by atoms with Crippen LogP contribution in [-0.4, -0.2) is 65.7 Å². The Morgan fingerprint density at radius 3 is 2.68 bits per heavy atom. The Labute approximate surface area is 221 Å². The number of likely N-dealkylation sites (tertiary alicyclic amines) is 1. The zero-order valence-electron chi connectivity index (χ0n) is 21.6. The summed E-state index contributed by atoms with van der Waals surface area (Å²) in [6.07, 6.45) is 0.404. The minimum absolute atomic E-state index is 0.0599. The number of nitrogen functional groups attached to an aromatic ring is 1. The lowest BCUT2D eigenvalue weighted by molar-refractivity contribution is -0.154. The summed E-state index contributed by atoms with van der Waals surface area (Å²) in [5.41, 5.74) is 4.67. The van der Waals surface area contributed by atoms with Crippen molar-refractivity contribution < 1.29 is 28.7 Å². The van der Waals surface area contributed by atoms with Crippen LogP contribution in [0.25, 0.3) is 0 Å². The molecule has 1 aliphatic carbocycles. The van der Waals surface area contributed by atoms with Gasteiger partial charge in [-0.15, -0.1) is 0 Å². The average molecular weight is 535 g/mol. The van der Waals surface area contributed by atoms with Crippen molar-refractivity contribution in [2.24, 2.45) is 11.3 Å². The van der Waals surface area contributed by atoms with Crippen LogP contribution in [0.2, 0.25) is 5.02 Å². The van der Waals surface area contributed by atoms with E-state index >= 15 is 0 Å². The number of amides is 3. The molecule has 1 aromatic rings. The fraction of sp³-hybridized carbons (Fsp3) is 0.615. The van der Waals surface area contributed by atoms with Crippen LogP contribution >= 0.6 is 11.6 Å². The number of nitrogens with two attached hydrogens (primary N) is 1. The molecule has 3 amide bonds. The molecule has 4 rings (SSSR count). The van der Waals surface area contributed by atoms with Crippen LogP contribution in [-0.2, 0) is 23.9 Å². The standard InChI is InChI=1S/C26H35ClN4O6/c1-5-36-18-11-19(32)37-22(18)30-24(35)26-9-8-14(12-26)13-31(26)23(34)20(25(2,3)4)29-21(33)15-6-7-17(28)16(27)10-15/h6-7,10,14,18,20,22H,5,8-9,11-13,28H2,1-4H3,(H,29,33)(H,30,35)/t14-,18+,20-,22-,26+/m1/s1. The predicted octanol–water partition coefficient (Wildman–Crippen LogP) is 2.24. The fourth-order valence-electron chi connectivity index (χ4n) is 5.56. The van der Waals surface area contributed by atoms with E-state index in [1.54, 1.807) is 17.9 Å². The van der Waals surface area contributed by atoms with E-state index in [1.807, 2.05) is 20.8 Å². The third-order valence-corrected chi connectivity index (χ3v) is 7.84. The van der Waals surface area contributed by atoms with Gasteiger partial charge < -0.3 is 30.7 Å². The van der Waals surface area contributed by atoms with Crippen molar-refractivity contribution in [2.45, 2.75) is 77.3 Å². The molecule has 0 radical (unpaired) electrons. The summed E-state index contributed by atoms with van der Waals surface area (Å²) in [6.45, 7) is 8.17. The molecular weight excluding hydrogens is 500 g/mol. The molecule has 1 aromatic carbocycles. The molecular formula is C26H35ClN4O6. The SMILES string of the molecule is CCO[C@H]1CC(=O)O[C@H]1NC(=O)[C@@]12CC[C@@H](CN1C(=O)[C@@H](NC(=O)c1ccc(N)c(Cl)c1)C(C)(C)C)C2. The van der Waals surface area contributed by atoms with Gasteiger partial charge in [-0.1, -0.05) is 32.4 Å². The molecule has 37 heavy (non-hydrogen) atoms. The number of cyclic esters (lactones) is 1. The lowest BCUT2D eigenvalue weighted by atomic mass is 9.84. The van der Waals surface area contributed by atoms with Gasteiger partial charge in [0.1, 0.15) is 17.7 Å². The number of anilines is 1. The Kier molecular flexibility index (Phi) is 7.45. The average Bonchev–Trinajstić information content (AvgIpc) is 3.52. The molecule has 11 heteroatoms. The third-order valence-electron chi connectivity index (χ3n) is 7.51. The Morgan fingerprint density at radius 1 is 1.32 bits per heavy atom. The van der Waals surface area contributed by atoms with Gasteiger partial charge in [-0.25, -0.2) is 0 Å². The highest BCUT2D eigenvalue weighted by molar-refractivity contribution is 6.33. The van der Waals surface area contributed by atoms with E-state index in [9.17, 15) is 19.2 Å². The summed E-state index contributed by atoms with van der Waals surface area (Å²) in [6, 6.07) is 3.64. The van der Waals surface area contributed by atoms with Crippen molar-refractivity contribution in [3.63, 3.8) is 0 Å². The number of fused-ring (bicyclic) bond motifs is 2. The summed E-state index contributed by atoms with van der Waals surface area (Å²) in [4.78, 5) is 54.2. The van der Waals surface area contributed by atoms with Gasteiger partial charge in [0.15, 0.2) is 0 Å². The lowest BCUT2D eigenvalue weighted by Gasteiger charge is -2.42. The van der Waals surface area contributed by atoms with Crippen LogP contribution in [0.5, 0.6) is 0 Å². The number of piperidine rings is 1. The van der Waals surface area contributed by atoms with E-state index < -0.39 is 41.2 Å². The highest BCUT2D eigenvalue weighted by Crippen LogP contribution is 2.47. The normalized spacial score (nSPS) is 27.6. The number of hydrogen-bond donors (Lipinski definition) is 3. The van der Waals surface area contributed by atoms with Gasteiger partial charge in [-0.2, -0.15) is 0 Å². The van der Waals surface area contributed by atoms with Crippen LogP contribution < -0.4 is 16.4 Å².